The second kappa shape index (κ2) is 13.4. The summed E-state index contributed by atoms with van der Waals surface area (Å²) in [5, 5.41) is 21.5. The van der Waals surface area contributed by atoms with E-state index in [1.165, 1.54) is 39.1 Å². The topological polar surface area (TPSA) is 80.9 Å². The zero-order valence-electron chi connectivity index (χ0n) is 18.5. The van der Waals surface area contributed by atoms with E-state index in [1.807, 2.05) is 20.2 Å². The number of aromatic nitrogens is 2. The van der Waals surface area contributed by atoms with Crippen molar-refractivity contribution in [1.82, 2.24) is 30.2 Å². The number of aryl methyl sites for hydroxylation is 1. The summed E-state index contributed by atoms with van der Waals surface area (Å²) >= 11 is 0. The molecule has 168 valence electrons. The van der Waals surface area contributed by atoms with Crippen molar-refractivity contribution in [2.75, 3.05) is 58.9 Å². The molecule has 29 heavy (non-hydrogen) atoms. The number of aliphatic hydroxyl groups is 1. The van der Waals surface area contributed by atoms with E-state index >= 15 is 0 Å². The van der Waals surface area contributed by atoms with Crippen LogP contribution in [-0.4, -0.2) is 89.5 Å². The van der Waals surface area contributed by atoms with Gasteiger partial charge in [-0.05, 0) is 39.8 Å². The van der Waals surface area contributed by atoms with E-state index in [2.05, 4.69) is 37.4 Å². The third-order valence-corrected chi connectivity index (χ3v) is 5.32. The normalized spacial score (nSPS) is 18.2. The van der Waals surface area contributed by atoms with E-state index in [1.54, 1.807) is 17.8 Å². The van der Waals surface area contributed by atoms with Crippen molar-refractivity contribution in [2.24, 2.45) is 12.0 Å². The average molecular weight is 521 g/mol. The van der Waals surface area contributed by atoms with Gasteiger partial charge in [-0.15, -0.1) is 24.0 Å². The highest BCUT2D eigenvalue weighted by Crippen LogP contribution is 2.19. The Morgan fingerprint density at radius 2 is 1.86 bits per heavy atom. The fourth-order valence-electron chi connectivity index (χ4n) is 3.36. The number of hydrogen-bond donors (Lipinski definition) is 3. The molecule has 2 rings (SSSR count). The molecule has 2 heterocycles. The number of rotatable bonds is 10. The van der Waals surface area contributed by atoms with Gasteiger partial charge in [-0.25, -0.2) is 4.99 Å². The number of aliphatic imine (C=N–C) groups is 1. The first-order valence-corrected chi connectivity index (χ1v) is 10.6. The molecule has 1 aliphatic heterocycles. The zero-order valence-corrected chi connectivity index (χ0v) is 20.9. The van der Waals surface area contributed by atoms with E-state index < -0.39 is 5.60 Å². The van der Waals surface area contributed by atoms with Crippen molar-refractivity contribution in [3.63, 3.8) is 0 Å². The van der Waals surface area contributed by atoms with Crippen molar-refractivity contribution < 1.29 is 5.11 Å². The summed E-state index contributed by atoms with van der Waals surface area (Å²) in [6.07, 6.45) is 5.82. The van der Waals surface area contributed by atoms with Crippen LogP contribution in [0.3, 0.4) is 0 Å². The van der Waals surface area contributed by atoms with Gasteiger partial charge in [0.15, 0.2) is 5.96 Å². The molecule has 0 radical (unpaired) electrons. The van der Waals surface area contributed by atoms with E-state index in [0.29, 0.717) is 0 Å². The van der Waals surface area contributed by atoms with Crippen LogP contribution in [0.15, 0.2) is 17.4 Å². The molecule has 1 aromatic rings. The molecule has 1 atom stereocenters. The molecule has 1 fully saturated rings. The van der Waals surface area contributed by atoms with Crippen LogP contribution in [0.2, 0.25) is 0 Å². The molecule has 1 aliphatic rings. The molecule has 0 aliphatic carbocycles. The first-order chi connectivity index (χ1) is 13.4. The van der Waals surface area contributed by atoms with Crippen LogP contribution in [-0.2, 0) is 12.6 Å². The summed E-state index contributed by atoms with van der Waals surface area (Å²) in [4.78, 5) is 9.65. The molecule has 3 N–H and O–H groups in total. The highest BCUT2D eigenvalue weighted by Gasteiger charge is 2.24. The Hall–Kier alpha value is -0.910. The van der Waals surface area contributed by atoms with Crippen LogP contribution in [0.5, 0.6) is 0 Å². The summed E-state index contributed by atoms with van der Waals surface area (Å²) in [5.74, 6) is 0.753. The van der Waals surface area contributed by atoms with E-state index in [-0.39, 0.29) is 30.5 Å². The van der Waals surface area contributed by atoms with E-state index in [9.17, 15) is 5.11 Å². The van der Waals surface area contributed by atoms with Gasteiger partial charge in [-0.3, -0.25) is 4.68 Å². The maximum atomic E-state index is 10.7. The Labute approximate surface area is 193 Å². The van der Waals surface area contributed by atoms with Crippen molar-refractivity contribution >= 4 is 29.9 Å². The summed E-state index contributed by atoms with van der Waals surface area (Å²) in [6, 6.07) is 0. The van der Waals surface area contributed by atoms with Crippen LogP contribution in [0.4, 0.5) is 0 Å². The minimum atomic E-state index is -1.03. The van der Waals surface area contributed by atoms with Gasteiger partial charge in [-0.2, -0.15) is 5.10 Å². The highest BCUT2D eigenvalue weighted by molar-refractivity contribution is 14.0. The van der Waals surface area contributed by atoms with Crippen molar-refractivity contribution in [2.45, 2.75) is 39.2 Å². The molecular formula is C20H40IN7O. The van der Waals surface area contributed by atoms with Crippen molar-refractivity contribution in [3.05, 3.63) is 18.0 Å². The van der Waals surface area contributed by atoms with Crippen LogP contribution in [0, 0.1) is 0 Å². The molecule has 1 unspecified atom stereocenters. The standard InChI is InChI=1S/C20H39N7O.HI/c1-5-21-19(23-17-20(3,28)18-15-24-25(4)16-18)22-9-7-8-10-27-13-11-26(6-2)12-14-27;/h15-16,28H,5-14,17H2,1-4H3,(H2,21,22,23);1H. The fourth-order valence-corrected chi connectivity index (χ4v) is 3.36. The summed E-state index contributed by atoms with van der Waals surface area (Å²) in [7, 11) is 1.85. The Morgan fingerprint density at radius 1 is 1.17 bits per heavy atom. The number of halogens is 1. The molecule has 0 bridgehead atoms. The summed E-state index contributed by atoms with van der Waals surface area (Å²) in [5.41, 5.74) is -0.255. The lowest BCUT2D eigenvalue weighted by Crippen LogP contribution is -2.46. The number of nitrogens with zero attached hydrogens (tertiary/aromatic N) is 5. The van der Waals surface area contributed by atoms with Gasteiger partial charge >= 0.3 is 0 Å². The maximum Gasteiger partial charge on any atom is 0.191 e. The number of hydrogen-bond acceptors (Lipinski definition) is 5. The number of piperazine rings is 1. The quantitative estimate of drug-likeness (QED) is 0.186. The van der Waals surface area contributed by atoms with Gasteiger partial charge < -0.3 is 25.5 Å². The number of guanidine groups is 1. The van der Waals surface area contributed by atoms with Gasteiger partial charge in [-0.1, -0.05) is 6.92 Å². The van der Waals surface area contributed by atoms with Gasteiger partial charge in [0.1, 0.15) is 5.60 Å². The highest BCUT2D eigenvalue weighted by atomic mass is 127. The second-order valence-electron chi connectivity index (χ2n) is 7.78. The molecule has 0 spiro atoms. The molecule has 0 aromatic carbocycles. The molecule has 0 saturated carbocycles. The van der Waals surface area contributed by atoms with E-state index in [0.717, 1.165) is 37.6 Å². The Bertz CT molecular complexity index is 597. The SMILES string of the molecule is CCNC(=NCC(C)(O)c1cnn(C)c1)NCCCCN1CCN(CC)CC1.I. The minimum Gasteiger partial charge on any atom is -0.383 e. The summed E-state index contributed by atoms with van der Waals surface area (Å²) < 4.78 is 1.69. The predicted octanol–water partition coefficient (Wildman–Crippen LogP) is 1.22. The fraction of sp³-hybridized carbons (Fsp3) is 0.800. The third kappa shape index (κ3) is 9.18. The van der Waals surface area contributed by atoms with Crippen molar-refractivity contribution in [3.8, 4) is 0 Å². The molecule has 0 amide bonds. The lowest BCUT2D eigenvalue weighted by Gasteiger charge is -2.34. The Balaban J connectivity index is 0.00000420. The van der Waals surface area contributed by atoms with Crippen LogP contribution >= 0.6 is 24.0 Å². The largest absolute Gasteiger partial charge is 0.383 e. The third-order valence-electron chi connectivity index (χ3n) is 5.32. The molecular weight excluding hydrogens is 481 g/mol. The number of nitrogens with one attached hydrogen (secondary N) is 2. The average Bonchev–Trinajstić information content (AvgIpc) is 3.13. The molecule has 8 nitrogen and oxygen atoms in total. The molecule has 1 saturated heterocycles. The Kier molecular flexibility index (Phi) is 12.1. The second-order valence-corrected chi connectivity index (χ2v) is 7.78. The van der Waals surface area contributed by atoms with Crippen LogP contribution < -0.4 is 10.6 Å². The molecule has 1 aromatic heterocycles. The monoisotopic (exact) mass is 521 g/mol. The first kappa shape index (κ1) is 26.1. The molecule has 9 heteroatoms. The van der Waals surface area contributed by atoms with Crippen LogP contribution in [0.1, 0.15) is 39.2 Å². The lowest BCUT2D eigenvalue weighted by atomic mass is 10.0. The predicted molar refractivity (Wildman–Crippen MR) is 130 cm³/mol. The van der Waals surface area contributed by atoms with E-state index in [4.69, 9.17) is 0 Å². The van der Waals surface area contributed by atoms with Crippen molar-refractivity contribution in [1.29, 1.82) is 0 Å². The maximum absolute atomic E-state index is 10.7. The van der Waals surface area contributed by atoms with Crippen LogP contribution in [0.25, 0.3) is 0 Å². The first-order valence-electron chi connectivity index (χ1n) is 10.6. The minimum absolute atomic E-state index is 0. The van der Waals surface area contributed by atoms with Gasteiger partial charge in [0, 0.05) is 58.1 Å². The smallest absolute Gasteiger partial charge is 0.191 e. The Morgan fingerprint density at radius 3 is 2.45 bits per heavy atom. The van der Waals surface area contributed by atoms with Gasteiger partial charge in [0.2, 0.25) is 0 Å². The summed E-state index contributed by atoms with van der Waals surface area (Å²) in [6.45, 7) is 15.1. The lowest BCUT2D eigenvalue weighted by molar-refractivity contribution is 0.0672. The van der Waals surface area contributed by atoms with Gasteiger partial charge in [0.25, 0.3) is 0 Å². The van der Waals surface area contributed by atoms with Gasteiger partial charge in [0.05, 0.1) is 12.7 Å². The number of unbranched alkanes of at least 4 members (excludes halogenated alkanes) is 1. The number of likely N-dealkylation sites (N-methyl/N-ethyl adjacent to an activating group) is 1. The zero-order chi connectivity index (χ0) is 20.4.